The summed E-state index contributed by atoms with van der Waals surface area (Å²) in [6.45, 7) is 2.43. The average Bonchev–Trinajstić information content (AvgIpc) is 3.11. The number of hydrogen-bond acceptors (Lipinski definition) is 8. The van der Waals surface area contributed by atoms with Gasteiger partial charge in [0.05, 0.1) is 23.6 Å². The van der Waals surface area contributed by atoms with Gasteiger partial charge < -0.3 is 25.7 Å². The summed E-state index contributed by atoms with van der Waals surface area (Å²) in [5, 5.41) is 18.2. The third-order valence-electron chi connectivity index (χ3n) is 4.85. The molecule has 0 aliphatic carbocycles. The van der Waals surface area contributed by atoms with E-state index in [4.69, 9.17) is 10.1 Å². The van der Waals surface area contributed by atoms with E-state index in [1.54, 1.807) is 24.2 Å². The van der Waals surface area contributed by atoms with Crippen molar-refractivity contribution in [2.24, 2.45) is 7.05 Å². The summed E-state index contributed by atoms with van der Waals surface area (Å²) in [5.74, 6) is 1.06. The Balaban J connectivity index is 0.00000256. The lowest BCUT2D eigenvalue weighted by atomic mass is 10.1. The normalized spacial score (nSPS) is 13.8. The molecule has 1 aromatic carbocycles. The number of aryl methyl sites for hydroxylation is 1. The van der Waals surface area contributed by atoms with E-state index < -0.39 is 0 Å². The zero-order valence-electron chi connectivity index (χ0n) is 16.5. The molecule has 9 heteroatoms. The molecule has 0 spiro atoms. The maximum atomic E-state index is 7.63. The molecule has 0 atom stereocenters. The molecule has 1 aliphatic rings. The minimum atomic E-state index is 0. The maximum Gasteiger partial charge on any atom is 0.229 e. The van der Waals surface area contributed by atoms with Crippen LogP contribution in [0.2, 0.25) is 0 Å². The van der Waals surface area contributed by atoms with Crippen molar-refractivity contribution < 1.29 is 6.16 Å². The molecule has 29 heavy (non-hydrogen) atoms. The molecule has 3 N–H and O–H groups in total. The standard InChI is InChI=1S/C20H24N8O.H2/c1-27-11-16(10-24-27)25-20-23-9-15(7-21)19(26-20)22-8-14-4-3-5-17(6-14)28-12-18(13-28)29-2;/h3-7,9-11,18,21H,8,12-13H2,1-2H3,(H2,22,23,25,26);1H. The van der Waals surface area contributed by atoms with Crippen molar-refractivity contribution in [2.75, 3.05) is 35.7 Å². The van der Waals surface area contributed by atoms with E-state index >= 15 is 0 Å². The molecular formula is C20H26N8O. The highest BCUT2D eigenvalue weighted by molar-refractivity contribution is 5.84. The third kappa shape index (κ3) is 4.35. The summed E-state index contributed by atoms with van der Waals surface area (Å²) in [5.41, 5.74) is 3.76. The fourth-order valence-corrected chi connectivity index (χ4v) is 3.16. The average molecular weight is 394 g/mol. The first kappa shape index (κ1) is 18.9. The molecule has 3 aromatic rings. The second-order valence-electron chi connectivity index (χ2n) is 6.96. The van der Waals surface area contributed by atoms with Crippen molar-refractivity contribution in [1.29, 1.82) is 5.41 Å². The first-order valence-electron chi connectivity index (χ1n) is 9.38. The second-order valence-corrected chi connectivity index (χ2v) is 6.96. The maximum absolute atomic E-state index is 7.63. The predicted molar refractivity (Wildman–Crippen MR) is 115 cm³/mol. The highest BCUT2D eigenvalue weighted by atomic mass is 16.5. The van der Waals surface area contributed by atoms with Crippen LogP contribution in [0.5, 0.6) is 0 Å². The second kappa shape index (κ2) is 8.27. The molecule has 0 unspecified atom stereocenters. The van der Waals surface area contributed by atoms with Crippen molar-refractivity contribution in [3.63, 3.8) is 0 Å². The number of methoxy groups -OCH3 is 1. The first-order chi connectivity index (χ1) is 14.1. The van der Waals surface area contributed by atoms with Crippen LogP contribution in [0, 0.1) is 5.41 Å². The molecule has 0 saturated carbocycles. The molecule has 0 amide bonds. The van der Waals surface area contributed by atoms with Crippen LogP contribution in [0.25, 0.3) is 0 Å². The Morgan fingerprint density at radius 2 is 2.21 bits per heavy atom. The minimum Gasteiger partial charge on any atom is -0.378 e. The number of rotatable bonds is 8. The van der Waals surface area contributed by atoms with Gasteiger partial charge in [0, 0.05) is 59.5 Å². The molecule has 1 fully saturated rings. The van der Waals surface area contributed by atoms with Crippen LogP contribution in [0.4, 0.5) is 23.1 Å². The molecule has 2 aromatic heterocycles. The molecule has 3 heterocycles. The van der Waals surface area contributed by atoms with Crippen molar-refractivity contribution >= 4 is 29.4 Å². The Bertz CT molecular complexity index is 1000. The van der Waals surface area contributed by atoms with Crippen molar-refractivity contribution in [1.82, 2.24) is 19.7 Å². The van der Waals surface area contributed by atoms with Crippen molar-refractivity contribution in [3.8, 4) is 0 Å². The molecule has 0 radical (unpaired) electrons. The van der Waals surface area contributed by atoms with E-state index in [-0.39, 0.29) is 1.43 Å². The van der Waals surface area contributed by atoms with E-state index in [1.165, 1.54) is 11.9 Å². The number of aromatic nitrogens is 4. The van der Waals surface area contributed by atoms with Gasteiger partial charge >= 0.3 is 0 Å². The van der Waals surface area contributed by atoms with Crippen LogP contribution in [0.1, 0.15) is 12.6 Å². The van der Waals surface area contributed by atoms with Crippen LogP contribution >= 0.6 is 0 Å². The molecule has 0 bridgehead atoms. The smallest absolute Gasteiger partial charge is 0.229 e. The Kier molecular flexibility index (Phi) is 5.39. The summed E-state index contributed by atoms with van der Waals surface area (Å²) >= 11 is 0. The van der Waals surface area contributed by atoms with Crippen molar-refractivity contribution in [2.45, 2.75) is 12.6 Å². The van der Waals surface area contributed by atoms with Crippen LogP contribution < -0.4 is 15.5 Å². The van der Waals surface area contributed by atoms with Gasteiger partial charge in [0.15, 0.2) is 0 Å². The number of hydrogen-bond donors (Lipinski definition) is 3. The molecular weight excluding hydrogens is 368 g/mol. The van der Waals surface area contributed by atoms with E-state index in [2.05, 4.69) is 54.9 Å². The Morgan fingerprint density at radius 3 is 2.93 bits per heavy atom. The van der Waals surface area contributed by atoms with Gasteiger partial charge in [-0.25, -0.2) is 4.98 Å². The van der Waals surface area contributed by atoms with Crippen LogP contribution in [-0.2, 0) is 18.3 Å². The zero-order chi connectivity index (χ0) is 20.2. The lowest BCUT2D eigenvalue weighted by molar-refractivity contribution is 0.0787. The topological polar surface area (TPSA) is 104 Å². The molecule has 152 valence electrons. The highest BCUT2D eigenvalue weighted by Gasteiger charge is 2.26. The lowest BCUT2D eigenvalue weighted by Gasteiger charge is -2.40. The Labute approximate surface area is 170 Å². The van der Waals surface area contributed by atoms with Gasteiger partial charge in [0.1, 0.15) is 5.82 Å². The summed E-state index contributed by atoms with van der Waals surface area (Å²) < 4.78 is 7.06. The van der Waals surface area contributed by atoms with E-state index in [0.29, 0.717) is 30.0 Å². The Morgan fingerprint density at radius 1 is 1.34 bits per heavy atom. The van der Waals surface area contributed by atoms with E-state index in [0.717, 1.165) is 24.3 Å². The van der Waals surface area contributed by atoms with Gasteiger partial charge in [0.2, 0.25) is 5.95 Å². The fourth-order valence-electron chi connectivity index (χ4n) is 3.16. The van der Waals surface area contributed by atoms with Gasteiger partial charge in [-0.2, -0.15) is 10.1 Å². The van der Waals surface area contributed by atoms with Gasteiger partial charge in [-0.15, -0.1) is 0 Å². The molecule has 1 aliphatic heterocycles. The lowest BCUT2D eigenvalue weighted by Crippen LogP contribution is -2.51. The van der Waals surface area contributed by atoms with Crippen molar-refractivity contribution in [3.05, 3.63) is 54.0 Å². The summed E-state index contributed by atoms with van der Waals surface area (Å²) in [7, 11) is 3.60. The highest BCUT2D eigenvalue weighted by Crippen LogP contribution is 2.24. The SMILES string of the molecule is COC1CN(c2cccc(CNc3nc(Nc4cnn(C)c4)ncc3C=N)c2)C1.[HH]. The zero-order valence-corrected chi connectivity index (χ0v) is 16.5. The molecule has 4 rings (SSSR count). The number of anilines is 4. The van der Waals surface area contributed by atoms with Crippen LogP contribution in [-0.4, -0.2) is 52.3 Å². The van der Waals surface area contributed by atoms with Gasteiger partial charge in [0.25, 0.3) is 0 Å². The third-order valence-corrected chi connectivity index (χ3v) is 4.85. The quantitative estimate of drug-likeness (QED) is 0.505. The summed E-state index contributed by atoms with van der Waals surface area (Å²) in [6.07, 6.45) is 6.74. The monoisotopic (exact) mass is 394 g/mol. The van der Waals surface area contributed by atoms with Crippen LogP contribution in [0.3, 0.4) is 0 Å². The van der Waals surface area contributed by atoms with Crippen LogP contribution in [0.15, 0.2) is 42.9 Å². The first-order valence-corrected chi connectivity index (χ1v) is 9.38. The predicted octanol–water partition coefficient (Wildman–Crippen LogP) is 2.64. The number of ether oxygens (including phenoxy) is 1. The largest absolute Gasteiger partial charge is 0.378 e. The van der Waals surface area contributed by atoms with Gasteiger partial charge in [-0.3, -0.25) is 4.68 Å². The Hall–Kier alpha value is -3.46. The number of nitrogens with one attached hydrogen (secondary N) is 3. The summed E-state index contributed by atoms with van der Waals surface area (Å²) in [6, 6.07) is 8.40. The minimum absolute atomic E-state index is 0. The van der Waals surface area contributed by atoms with E-state index in [9.17, 15) is 0 Å². The van der Waals surface area contributed by atoms with E-state index in [1.807, 2.05) is 13.2 Å². The fraction of sp³-hybridized carbons (Fsp3) is 0.300. The molecule has 9 nitrogen and oxygen atoms in total. The van der Waals surface area contributed by atoms with Gasteiger partial charge in [-0.05, 0) is 17.7 Å². The number of benzene rings is 1. The molecule has 1 saturated heterocycles. The number of nitrogens with zero attached hydrogens (tertiary/aromatic N) is 5. The summed E-state index contributed by atoms with van der Waals surface area (Å²) in [4.78, 5) is 11.1. The van der Waals surface area contributed by atoms with Gasteiger partial charge in [-0.1, -0.05) is 12.1 Å².